The van der Waals surface area contributed by atoms with Gasteiger partial charge in [0, 0.05) is 18.7 Å². The molecule has 3 aromatic carbocycles. The average molecular weight is 571 g/mol. The van der Waals surface area contributed by atoms with Crippen LogP contribution in [0.4, 0.5) is 8.78 Å². The molecule has 0 radical (unpaired) electrons. The van der Waals surface area contributed by atoms with E-state index in [-0.39, 0.29) is 23.4 Å². The van der Waals surface area contributed by atoms with Crippen molar-refractivity contribution in [3.05, 3.63) is 119 Å². The first-order valence-corrected chi connectivity index (χ1v) is 14.5. The normalized spacial score (nSPS) is 20.3. The van der Waals surface area contributed by atoms with Crippen molar-refractivity contribution in [2.24, 2.45) is 0 Å². The minimum Gasteiger partial charge on any atom is -0.390 e. The number of benzene rings is 3. The number of nitrogens with one attached hydrogen (secondary N) is 1. The lowest BCUT2D eigenvalue weighted by Gasteiger charge is -2.42. The lowest BCUT2D eigenvalue weighted by molar-refractivity contribution is -0.129. The zero-order valence-electron chi connectivity index (χ0n) is 23.9. The van der Waals surface area contributed by atoms with E-state index in [2.05, 4.69) is 5.32 Å². The van der Waals surface area contributed by atoms with E-state index in [4.69, 9.17) is 0 Å². The van der Waals surface area contributed by atoms with Crippen LogP contribution in [0.5, 0.6) is 0 Å². The van der Waals surface area contributed by atoms with Gasteiger partial charge in [-0.3, -0.25) is 9.59 Å². The van der Waals surface area contributed by atoms with Crippen molar-refractivity contribution < 1.29 is 23.5 Å². The molecule has 3 aromatic rings. The predicted molar refractivity (Wildman–Crippen MR) is 160 cm³/mol. The van der Waals surface area contributed by atoms with E-state index >= 15 is 0 Å². The Balaban J connectivity index is 1.35. The van der Waals surface area contributed by atoms with Crippen molar-refractivity contribution in [1.29, 1.82) is 0 Å². The van der Waals surface area contributed by atoms with Crippen molar-refractivity contribution in [3.63, 3.8) is 0 Å². The second kappa shape index (κ2) is 12.4. The Hall–Kier alpha value is -4.10. The van der Waals surface area contributed by atoms with Crippen LogP contribution in [0.25, 0.3) is 11.1 Å². The van der Waals surface area contributed by atoms with E-state index in [1.165, 1.54) is 24.3 Å². The summed E-state index contributed by atoms with van der Waals surface area (Å²) in [5.41, 5.74) is 4.03. The third-order valence-electron chi connectivity index (χ3n) is 8.69. The molecule has 1 aliphatic carbocycles. The van der Waals surface area contributed by atoms with Gasteiger partial charge in [-0.05, 0) is 91.3 Å². The number of hydrogen-bond donors (Lipinski definition) is 2. The molecule has 218 valence electrons. The molecular weight excluding hydrogens is 534 g/mol. The van der Waals surface area contributed by atoms with E-state index in [0.717, 1.165) is 28.7 Å². The number of nitrogens with zero attached hydrogens (tertiary/aromatic N) is 1. The van der Waals surface area contributed by atoms with Crippen molar-refractivity contribution >= 4 is 11.8 Å². The number of carbonyl (C=O) groups is 2. The molecule has 1 aliphatic heterocycles. The molecule has 5 nitrogen and oxygen atoms in total. The van der Waals surface area contributed by atoms with Crippen LogP contribution in [0.1, 0.15) is 55.5 Å². The molecule has 0 spiro atoms. The van der Waals surface area contributed by atoms with Gasteiger partial charge in [0.15, 0.2) is 0 Å². The molecule has 0 unspecified atom stereocenters. The van der Waals surface area contributed by atoms with E-state index in [9.17, 15) is 23.5 Å². The smallest absolute Gasteiger partial charge is 0.253 e. The minimum atomic E-state index is -0.980. The van der Waals surface area contributed by atoms with Gasteiger partial charge in [0.05, 0.1) is 17.6 Å². The fraction of sp³-hybridized carbons (Fsp3) is 0.314. The molecule has 1 saturated heterocycles. The summed E-state index contributed by atoms with van der Waals surface area (Å²) < 4.78 is 27.2. The molecule has 1 fully saturated rings. The zero-order valence-corrected chi connectivity index (χ0v) is 23.9. The Bertz CT molecular complexity index is 1490. The monoisotopic (exact) mass is 570 g/mol. The van der Waals surface area contributed by atoms with Gasteiger partial charge in [-0.2, -0.15) is 0 Å². The van der Waals surface area contributed by atoms with Crippen LogP contribution in [-0.2, 0) is 10.2 Å². The number of halogens is 2. The number of piperidine rings is 1. The maximum absolute atomic E-state index is 14.1. The standard InChI is InChI=1S/C35H36F2N2O3/c1-3-5-30-23(4-2)22-31(40)32(30)38-34(42)35(27-12-16-29(37)17-13-27)18-20-39(21-19-35)33(41)26-8-6-24(7-9-26)25-10-14-28(36)15-11-25/h3,5-17,31-32,40H,4,18-22H2,1-2H3,(H,38,42)/b5-3-/t31-,32-/m0/s1. The third-order valence-corrected chi connectivity index (χ3v) is 8.69. The Labute approximate surface area is 245 Å². The Kier molecular flexibility index (Phi) is 8.69. The summed E-state index contributed by atoms with van der Waals surface area (Å²) in [6.45, 7) is 4.63. The maximum Gasteiger partial charge on any atom is 0.253 e. The van der Waals surface area contributed by atoms with Gasteiger partial charge >= 0.3 is 0 Å². The van der Waals surface area contributed by atoms with Gasteiger partial charge in [0.2, 0.25) is 5.91 Å². The summed E-state index contributed by atoms with van der Waals surface area (Å²) in [7, 11) is 0. The molecule has 0 saturated carbocycles. The number of hydrogen-bond acceptors (Lipinski definition) is 3. The summed E-state index contributed by atoms with van der Waals surface area (Å²) in [4.78, 5) is 29.3. The van der Waals surface area contributed by atoms with E-state index in [0.29, 0.717) is 43.5 Å². The molecule has 5 rings (SSSR count). The van der Waals surface area contributed by atoms with Gasteiger partial charge in [-0.1, -0.05) is 61.0 Å². The van der Waals surface area contributed by atoms with Crippen molar-refractivity contribution in [2.75, 3.05) is 13.1 Å². The van der Waals surface area contributed by atoms with Gasteiger partial charge in [-0.15, -0.1) is 0 Å². The first-order valence-electron chi connectivity index (χ1n) is 14.5. The molecule has 42 heavy (non-hydrogen) atoms. The van der Waals surface area contributed by atoms with Crippen LogP contribution < -0.4 is 5.32 Å². The number of amides is 2. The summed E-state index contributed by atoms with van der Waals surface area (Å²) in [6.07, 6.45) is 5.15. The largest absolute Gasteiger partial charge is 0.390 e. The van der Waals surface area contributed by atoms with Gasteiger partial charge < -0.3 is 15.3 Å². The van der Waals surface area contributed by atoms with Crippen LogP contribution in [0.15, 0.2) is 96.1 Å². The van der Waals surface area contributed by atoms with Gasteiger partial charge in [0.25, 0.3) is 5.91 Å². The minimum absolute atomic E-state index is 0.133. The van der Waals surface area contributed by atoms with Crippen LogP contribution in [0, 0.1) is 11.6 Å². The molecule has 0 aromatic heterocycles. The number of aliphatic hydroxyl groups is 1. The first-order chi connectivity index (χ1) is 20.3. The summed E-state index contributed by atoms with van der Waals surface area (Å²) >= 11 is 0. The fourth-order valence-electron chi connectivity index (χ4n) is 6.26. The Morgan fingerprint density at radius 2 is 1.48 bits per heavy atom. The zero-order chi connectivity index (χ0) is 29.9. The van der Waals surface area contributed by atoms with Crippen molar-refractivity contribution in [2.45, 2.75) is 57.1 Å². The molecule has 2 aliphatic rings. The number of likely N-dealkylation sites (tertiary alicyclic amines) is 1. The highest BCUT2D eigenvalue weighted by Crippen LogP contribution is 2.38. The number of aliphatic hydroxyl groups excluding tert-OH is 1. The number of allylic oxidation sites excluding steroid dienone is 1. The van der Waals surface area contributed by atoms with E-state index < -0.39 is 17.6 Å². The lowest BCUT2D eigenvalue weighted by atomic mass is 9.71. The highest BCUT2D eigenvalue weighted by Gasteiger charge is 2.46. The molecule has 0 bridgehead atoms. The fourth-order valence-corrected chi connectivity index (χ4v) is 6.26. The van der Waals surface area contributed by atoms with Crippen molar-refractivity contribution in [3.8, 4) is 11.1 Å². The van der Waals surface area contributed by atoms with Gasteiger partial charge in [0.1, 0.15) is 11.6 Å². The SMILES string of the molecule is C/C=C\C1=C(CC)C[C@H](O)[C@H]1NC(=O)C1(c2ccc(F)cc2)CCN(C(=O)c2ccc(-c3ccc(F)cc3)cc2)CC1. The second-order valence-electron chi connectivity index (χ2n) is 11.1. The second-order valence-corrected chi connectivity index (χ2v) is 11.1. The summed E-state index contributed by atoms with van der Waals surface area (Å²) in [5.74, 6) is -1.05. The highest BCUT2D eigenvalue weighted by molar-refractivity contribution is 5.95. The lowest BCUT2D eigenvalue weighted by Crippen LogP contribution is -2.56. The van der Waals surface area contributed by atoms with Crippen LogP contribution in [0.3, 0.4) is 0 Å². The molecular formula is C35H36F2N2O3. The van der Waals surface area contributed by atoms with Crippen LogP contribution in [0.2, 0.25) is 0 Å². The quantitative estimate of drug-likeness (QED) is 0.349. The average Bonchev–Trinajstić information content (AvgIpc) is 3.31. The first kappa shape index (κ1) is 29.4. The van der Waals surface area contributed by atoms with Crippen LogP contribution in [-0.4, -0.2) is 47.1 Å². The number of carbonyl (C=O) groups excluding carboxylic acids is 2. The number of rotatable bonds is 7. The molecule has 7 heteroatoms. The highest BCUT2D eigenvalue weighted by atomic mass is 19.1. The van der Waals surface area contributed by atoms with Gasteiger partial charge in [-0.25, -0.2) is 8.78 Å². The maximum atomic E-state index is 14.1. The van der Waals surface area contributed by atoms with E-state index in [1.807, 2.05) is 38.1 Å². The molecule has 2 N–H and O–H groups in total. The third kappa shape index (κ3) is 5.79. The Morgan fingerprint density at radius 3 is 2.02 bits per heavy atom. The Morgan fingerprint density at radius 1 is 0.929 bits per heavy atom. The topological polar surface area (TPSA) is 69.6 Å². The van der Waals surface area contributed by atoms with E-state index in [1.54, 1.807) is 41.3 Å². The summed E-state index contributed by atoms with van der Waals surface area (Å²) in [6, 6.07) is 18.9. The van der Waals surface area contributed by atoms with Crippen molar-refractivity contribution in [1.82, 2.24) is 10.2 Å². The predicted octanol–water partition coefficient (Wildman–Crippen LogP) is 6.34. The molecule has 2 atom stereocenters. The van der Waals surface area contributed by atoms with Crippen LogP contribution >= 0.6 is 0 Å². The summed E-state index contributed by atoms with van der Waals surface area (Å²) in [5, 5.41) is 14.0. The molecule has 2 amide bonds. The molecule has 1 heterocycles.